The summed E-state index contributed by atoms with van der Waals surface area (Å²) in [5.74, 6) is -1.02. The zero-order valence-electron chi connectivity index (χ0n) is 17.4. The second-order valence-corrected chi connectivity index (χ2v) is 10.9. The molecule has 0 saturated carbocycles. The molecule has 3 aliphatic heterocycles. The molecule has 3 saturated heterocycles. The molecule has 0 aromatic carbocycles. The third kappa shape index (κ3) is 4.54. The van der Waals surface area contributed by atoms with E-state index in [1.807, 2.05) is 25.4 Å². The number of aliphatic carboxylic acids is 1. The molecule has 4 rings (SSSR count). The molecular formula is C19H25N4NaO4S2. The van der Waals surface area contributed by atoms with E-state index in [1.54, 1.807) is 0 Å². The second kappa shape index (κ2) is 9.38. The number of carbonyl (C=O) groups is 2. The van der Waals surface area contributed by atoms with E-state index in [-0.39, 0.29) is 40.8 Å². The van der Waals surface area contributed by atoms with Crippen LogP contribution >= 0.6 is 23.1 Å². The first-order chi connectivity index (χ1) is 13.8. The Morgan fingerprint density at radius 3 is 2.90 bits per heavy atom. The van der Waals surface area contributed by atoms with Crippen molar-refractivity contribution in [2.75, 3.05) is 18.9 Å². The van der Waals surface area contributed by atoms with Crippen LogP contribution in [0.15, 0.2) is 11.6 Å². The normalized spacial score (nSPS) is 30.3. The van der Waals surface area contributed by atoms with Crippen LogP contribution in [-0.2, 0) is 14.3 Å². The molecule has 1 aromatic heterocycles. The SMILES string of the molecule is CC1(C)S[C@@H]2[C@H](N/C=C(/CC3CCCOC3)c3csc(N)n3)C(=O)N2[C@H]1C(=O)[O-].[Na+]. The Labute approximate surface area is 206 Å². The Morgan fingerprint density at radius 1 is 1.53 bits per heavy atom. The Bertz CT molecular complexity index is 840. The number of nitrogen functional groups attached to an aromatic ring is 1. The van der Waals surface area contributed by atoms with E-state index < -0.39 is 22.8 Å². The van der Waals surface area contributed by atoms with Gasteiger partial charge < -0.3 is 30.6 Å². The molecule has 1 unspecified atom stereocenters. The zero-order chi connectivity index (χ0) is 20.8. The molecule has 0 bridgehead atoms. The number of amides is 1. The van der Waals surface area contributed by atoms with Gasteiger partial charge in [0.1, 0.15) is 11.4 Å². The number of thiazole rings is 1. The van der Waals surface area contributed by atoms with Gasteiger partial charge in [-0.1, -0.05) is 0 Å². The number of nitrogens with zero attached hydrogens (tertiary/aromatic N) is 2. The number of aromatic nitrogens is 1. The number of hydrogen-bond donors (Lipinski definition) is 2. The summed E-state index contributed by atoms with van der Waals surface area (Å²) in [6.07, 6.45) is 4.76. The summed E-state index contributed by atoms with van der Waals surface area (Å²) in [5.41, 5.74) is 7.61. The van der Waals surface area contributed by atoms with Crippen LogP contribution in [0.3, 0.4) is 0 Å². The quantitative estimate of drug-likeness (QED) is 0.358. The molecule has 4 atom stereocenters. The summed E-state index contributed by atoms with van der Waals surface area (Å²) in [4.78, 5) is 30.1. The summed E-state index contributed by atoms with van der Waals surface area (Å²) < 4.78 is 5.00. The summed E-state index contributed by atoms with van der Waals surface area (Å²) in [6, 6.07) is -1.37. The van der Waals surface area contributed by atoms with Crippen LogP contribution in [0.25, 0.3) is 5.57 Å². The molecule has 4 heterocycles. The third-order valence-electron chi connectivity index (χ3n) is 5.72. The maximum Gasteiger partial charge on any atom is 1.00 e. The van der Waals surface area contributed by atoms with Gasteiger partial charge >= 0.3 is 29.6 Å². The van der Waals surface area contributed by atoms with Crippen molar-refractivity contribution in [3.8, 4) is 0 Å². The number of hydrogen-bond acceptors (Lipinski definition) is 9. The number of carboxylic acid groups (broad SMARTS) is 1. The average Bonchev–Trinajstić information content (AvgIpc) is 3.20. The Morgan fingerprint density at radius 2 is 2.30 bits per heavy atom. The summed E-state index contributed by atoms with van der Waals surface area (Å²) in [6.45, 7) is 5.19. The second-order valence-electron chi connectivity index (χ2n) is 8.25. The first kappa shape index (κ1) is 23.9. The van der Waals surface area contributed by atoms with Crippen LogP contribution in [0.1, 0.15) is 38.8 Å². The van der Waals surface area contributed by atoms with Gasteiger partial charge in [-0.15, -0.1) is 23.1 Å². The van der Waals surface area contributed by atoms with Crippen molar-refractivity contribution in [2.45, 2.75) is 55.3 Å². The van der Waals surface area contributed by atoms with Crippen LogP contribution in [0.5, 0.6) is 0 Å². The number of carbonyl (C=O) groups excluding carboxylic acids is 2. The molecule has 0 aliphatic carbocycles. The molecule has 0 spiro atoms. The van der Waals surface area contributed by atoms with Crippen molar-refractivity contribution in [1.29, 1.82) is 0 Å². The van der Waals surface area contributed by atoms with Crippen LogP contribution in [0.4, 0.5) is 5.13 Å². The number of fused-ring (bicyclic) bond motifs is 1. The third-order valence-corrected chi connectivity index (χ3v) is 7.96. The van der Waals surface area contributed by atoms with Crippen LogP contribution in [0, 0.1) is 5.92 Å². The largest absolute Gasteiger partial charge is 1.00 e. The van der Waals surface area contributed by atoms with E-state index in [1.165, 1.54) is 28.0 Å². The number of nitrogens with one attached hydrogen (secondary N) is 1. The van der Waals surface area contributed by atoms with Crippen molar-refractivity contribution in [1.82, 2.24) is 15.2 Å². The molecular weight excluding hydrogens is 435 g/mol. The van der Waals surface area contributed by atoms with Gasteiger partial charge in [0, 0.05) is 29.5 Å². The number of allylic oxidation sites excluding steroid dienone is 1. The average molecular weight is 461 g/mol. The van der Waals surface area contributed by atoms with Crippen LogP contribution in [0.2, 0.25) is 0 Å². The molecule has 3 aliphatic rings. The van der Waals surface area contributed by atoms with Gasteiger partial charge in [0.2, 0.25) is 5.91 Å². The van der Waals surface area contributed by atoms with Crippen molar-refractivity contribution in [3.05, 3.63) is 17.3 Å². The van der Waals surface area contributed by atoms with E-state index in [4.69, 9.17) is 10.5 Å². The topological polar surface area (TPSA) is 121 Å². The Hall–Kier alpha value is -0.780. The molecule has 1 amide bonds. The van der Waals surface area contributed by atoms with Crippen molar-refractivity contribution in [2.24, 2.45) is 5.92 Å². The predicted molar refractivity (Wildman–Crippen MR) is 111 cm³/mol. The van der Waals surface area contributed by atoms with Gasteiger partial charge in [-0.3, -0.25) is 4.79 Å². The van der Waals surface area contributed by atoms with Gasteiger partial charge in [0.15, 0.2) is 5.13 Å². The molecule has 158 valence electrons. The number of ether oxygens (including phenoxy) is 1. The van der Waals surface area contributed by atoms with Gasteiger partial charge in [0.05, 0.1) is 17.7 Å². The van der Waals surface area contributed by atoms with E-state index in [2.05, 4.69) is 10.3 Å². The molecule has 11 heteroatoms. The Balaban J connectivity index is 0.00000256. The van der Waals surface area contributed by atoms with Gasteiger partial charge in [0.25, 0.3) is 0 Å². The fourth-order valence-electron chi connectivity index (χ4n) is 4.29. The van der Waals surface area contributed by atoms with E-state index in [0.29, 0.717) is 17.7 Å². The minimum absolute atomic E-state index is 0. The minimum Gasteiger partial charge on any atom is -0.548 e. The van der Waals surface area contributed by atoms with Gasteiger partial charge in [-0.25, -0.2) is 4.98 Å². The number of rotatable bonds is 6. The van der Waals surface area contributed by atoms with Gasteiger partial charge in [-0.05, 0) is 44.6 Å². The summed E-state index contributed by atoms with van der Waals surface area (Å²) in [7, 11) is 0. The molecule has 3 N–H and O–H groups in total. The summed E-state index contributed by atoms with van der Waals surface area (Å²) in [5, 5.41) is 17.0. The first-order valence-electron chi connectivity index (χ1n) is 9.73. The minimum atomic E-state index is -1.21. The predicted octanol–water partition coefficient (Wildman–Crippen LogP) is -2.34. The van der Waals surface area contributed by atoms with Crippen molar-refractivity contribution < 1.29 is 49.0 Å². The van der Waals surface area contributed by atoms with E-state index in [9.17, 15) is 14.7 Å². The maximum absolute atomic E-state index is 12.7. The summed E-state index contributed by atoms with van der Waals surface area (Å²) >= 11 is 2.88. The number of nitrogens with two attached hydrogens (primary N) is 1. The zero-order valence-corrected chi connectivity index (χ0v) is 21.1. The van der Waals surface area contributed by atoms with E-state index in [0.717, 1.165) is 37.1 Å². The molecule has 1 aromatic rings. The maximum atomic E-state index is 12.7. The molecule has 3 fully saturated rings. The molecule has 8 nitrogen and oxygen atoms in total. The fraction of sp³-hybridized carbons (Fsp3) is 0.632. The fourth-order valence-corrected chi connectivity index (χ4v) is 6.51. The van der Waals surface area contributed by atoms with Crippen LogP contribution < -0.4 is 45.7 Å². The van der Waals surface area contributed by atoms with Gasteiger partial charge in [-0.2, -0.15) is 0 Å². The number of carboxylic acids is 1. The molecule has 30 heavy (non-hydrogen) atoms. The van der Waals surface area contributed by atoms with Crippen molar-refractivity contribution >= 4 is 45.7 Å². The first-order valence-corrected chi connectivity index (χ1v) is 11.5. The van der Waals surface area contributed by atoms with Crippen LogP contribution in [-0.4, -0.2) is 57.2 Å². The van der Waals surface area contributed by atoms with Crippen molar-refractivity contribution in [3.63, 3.8) is 0 Å². The Kier molecular flexibility index (Phi) is 7.46. The standard InChI is InChI=1S/C19H26N4O4S2.Na/c1-19(2)14(17(25)26)23-15(24)13(16(23)29-19)21-7-11(12-9-28-18(20)22-12)6-10-4-3-5-27-8-10;/h7,9-10,13-14,16,21H,3-6,8H2,1-2H3,(H2,20,22)(H,25,26);/q;+1/p-1/b11-7-;/t10?,13-,14+,16-;/m1./s1. The monoisotopic (exact) mass is 460 g/mol. The smallest absolute Gasteiger partial charge is 0.548 e. The number of β-lactam (4-membered cyclic amide) rings is 1. The van der Waals surface area contributed by atoms with E-state index >= 15 is 0 Å². The number of thioether (sulfide) groups is 1. The number of anilines is 1. The molecule has 0 radical (unpaired) electrons.